The number of carbonyl (C=O) groups excluding carboxylic acids is 1. The van der Waals surface area contributed by atoms with Gasteiger partial charge in [-0.1, -0.05) is 0 Å². The molecular weight excluding hydrogens is 493 g/mol. The lowest BCUT2D eigenvalue weighted by molar-refractivity contribution is -0.0511. The molecule has 1 fully saturated rings. The molecule has 2 aliphatic heterocycles. The van der Waals surface area contributed by atoms with Gasteiger partial charge in [-0.25, -0.2) is 18.7 Å². The van der Waals surface area contributed by atoms with Crippen LogP contribution < -0.4 is 10.6 Å². The van der Waals surface area contributed by atoms with Crippen molar-refractivity contribution in [2.24, 2.45) is 0 Å². The highest BCUT2D eigenvalue weighted by atomic mass is 31.3. The van der Waals surface area contributed by atoms with E-state index in [1.807, 2.05) is 0 Å². The highest BCUT2D eigenvalue weighted by Gasteiger charge is 2.47. The van der Waals surface area contributed by atoms with Crippen LogP contribution in [0.1, 0.15) is 16.7 Å². The maximum atomic E-state index is 11.8. The van der Waals surface area contributed by atoms with Crippen molar-refractivity contribution in [3.05, 3.63) is 12.0 Å². The average Bonchev–Trinajstić information content (AvgIpc) is 3.13. The molecular formula is C10H17N4O14P3. The van der Waals surface area contributed by atoms with Crippen LogP contribution in [0.25, 0.3) is 0 Å². The Labute approximate surface area is 172 Å². The number of aromatic nitrogens is 2. The van der Waals surface area contributed by atoms with Crippen molar-refractivity contribution in [3.8, 4) is 0 Å². The van der Waals surface area contributed by atoms with Gasteiger partial charge in [0.2, 0.25) is 0 Å². The van der Waals surface area contributed by atoms with Gasteiger partial charge in [0.15, 0.2) is 11.9 Å². The smallest absolute Gasteiger partial charge is 0.387 e. The molecule has 3 rings (SSSR count). The fourth-order valence-electron chi connectivity index (χ4n) is 2.75. The fourth-order valence-corrected chi connectivity index (χ4v) is 5.78. The zero-order valence-corrected chi connectivity index (χ0v) is 17.7. The molecule has 1 aromatic heterocycles. The van der Waals surface area contributed by atoms with Gasteiger partial charge in [0, 0.05) is 0 Å². The molecule has 8 N–H and O–H groups in total. The Kier molecular flexibility index (Phi) is 6.78. The maximum absolute atomic E-state index is 11.8. The first kappa shape index (κ1) is 24.4. The third kappa shape index (κ3) is 5.77. The first-order valence-electron chi connectivity index (χ1n) is 8.08. The van der Waals surface area contributed by atoms with E-state index in [0.29, 0.717) is 0 Å². The molecule has 176 valence electrons. The standard InChI is InChI=1S/C10H17N4O14P3/c15-6-4(1-25-30(21,22)28-31(23,24)27-29(18,19)20)26-10(7(6)16)14-3-13-5-8(14)11-2-12-9(5)17/h3-4,6-7,10-11,15-16H,1-2H2,(H,12,17)(H,21,22)(H,23,24)(H2,18,19,20)/t4-,6-,7-,10?/m1/s1. The molecule has 2 aliphatic rings. The predicted octanol–water partition coefficient (Wildman–Crippen LogP) is -2.04. The molecule has 1 saturated heterocycles. The molecule has 3 unspecified atom stereocenters. The van der Waals surface area contributed by atoms with E-state index in [4.69, 9.17) is 19.4 Å². The Morgan fingerprint density at radius 1 is 1.10 bits per heavy atom. The summed E-state index contributed by atoms with van der Waals surface area (Å²) in [6.07, 6.45) is -4.93. The highest BCUT2D eigenvalue weighted by molar-refractivity contribution is 7.66. The van der Waals surface area contributed by atoms with Crippen LogP contribution in [0.5, 0.6) is 0 Å². The molecule has 0 saturated carbocycles. The summed E-state index contributed by atoms with van der Waals surface area (Å²) in [5.41, 5.74) is -0.00625. The van der Waals surface area contributed by atoms with Gasteiger partial charge < -0.3 is 45.2 Å². The second-order valence-corrected chi connectivity index (χ2v) is 10.6. The lowest BCUT2D eigenvalue weighted by atomic mass is 10.1. The number of carbonyl (C=O) groups is 1. The Balaban J connectivity index is 1.66. The second kappa shape index (κ2) is 8.61. The highest BCUT2D eigenvalue weighted by Crippen LogP contribution is 2.66. The van der Waals surface area contributed by atoms with Gasteiger partial charge in [-0.3, -0.25) is 13.9 Å². The fraction of sp³-hybridized carbons (Fsp3) is 0.600. The van der Waals surface area contributed by atoms with Crippen molar-refractivity contribution in [1.29, 1.82) is 0 Å². The number of nitrogens with one attached hydrogen (secondary N) is 2. The van der Waals surface area contributed by atoms with Gasteiger partial charge >= 0.3 is 23.5 Å². The quantitative estimate of drug-likeness (QED) is 0.175. The molecule has 21 heteroatoms. The normalized spacial score (nSPS) is 30.1. The van der Waals surface area contributed by atoms with Crippen molar-refractivity contribution in [2.45, 2.75) is 24.5 Å². The topological polar surface area (TPSA) is 268 Å². The number of amides is 1. The largest absolute Gasteiger partial charge is 0.490 e. The summed E-state index contributed by atoms with van der Waals surface area (Å²) in [7, 11) is -16.7. The van der Waals surface area contributed by atoms with E-state index in [9.17, 15) is 33.6 Å². The van der Waals surface area contributed by atoms with Gasteiger partial charge in [-0.15, -0.1) is 0 Å². The molecule has 1 aromatic rings. The van der Waals surface area contributed by atoms with Gasteiger partial charge in [0.05, 0.1) is 19.6 Å². The number of nitrogens with zero attached hydrogens (tertiary/aromatic N) is 2. The number of phosphoric ester groups is 1. The predicted molar refractivity (Wildman–Crippen MR) is 93.9 cm³/mol. The van der Waals surface area contributed by atoms with Crippen LogP contribution in [0.15, 0.2) is 6.33 Å². The van der Waals surface area contributed by atoms with E-state index in [1.54, 1.807) is 0 Å². The van der Waals surface area contributed by atoms with Crippen LogP contribution in [0.4, 0.5) is 5.82 Å². The summed E-state index contributed by atoms with van der Waals surface area (Å²) in [5, 5.41) is 25.6. The van der Waals surface area contributed by atoms with Crippen LogP contribution in [0, 0.1) is 0 Å². The SMILES string of the molecule is O=C1NCNc2c1ncn2C1O[C@H](COP(=O)(O)OP(=O)(O)OP(=O)(O)O)[C@@H](O)[C@H]1O. The number of ether oxygens (including phenoxy) is 1. The van der Waals surface area contributed by atoms with E-state index < -0.39 is 60.5 Å². The monoisotopic (exact) mass is 510 g/mol. The summed E-state index contributed by atoms with van der Waals surface area (Å²) in [5.74, 6) is -0.321. The molecule has 0 bridgehead atoms. The number of aliphatic hydroxyl groups excluding tert-OH is 2. The summed E-state index contributed by atoms with van der Waals surface area (Å²) in [4.78, 5) is 51.2. The Morgan fingerprint density at radius 2 is 1.77 bits per heavy atom. The van der Waals surface area contributed by atoms with Crippen molar-refractivity contribution < 1.29 is 66.2 Å². The zero-order chi connectivity index (χ0) is 23.2. The molecule has 0 spiro atoms. The lowest BCUT2D eigenvalue weighted by Gasteiger charge is -2.22. The van der Waals surface area contributed by atoms with Crippen LogP contribution in [-0.2, 0) is 31.6 Å². The number of aliphatic hydroxyl groups is 2. The lowest BCUT2D eigenvalue weighted by Crippen LogP contribution is -2.37. The van der Waals surface area contributed by atoms with Crippen LogP contribution in [0.2, 0.25) is 0 Å². The third-order valence-corrected chi connectivity index (χ3v) is 7.75. The third-order valence-electron chi connectivity index (χ3n) is 3.94. The summed E-state index contributed by atoms with van der Waals surface area (Å²) in [6.45, 7) is -0.915. The number of phosphoric acid groups is 3. The van der Waals surface area contributed by atoms with Gasteiger partial charge in [-0.05, 0) is 0 Å². The van der Waals surface area contributed by atoms with E-state index in [-0.39, 0.29) is 18.2 Å². The Morgan fingerprint density at radius 3 is 2.42 bits per heavy atom. The Hall–Kier alpha value is -1.23. The van der Waals surface area contributed by atoms with E-state index in [2.05, 4.69) is 28.8 Å². The van der Waals surface area contributed by atoms with Gasteiger partial charge in [0.1, 0.15) is 24.1 Å². The second-order valence-electron chi connectivity index (χ2n) is 6.14. The first-order valence-corrected chi connectivity index (χ1v) is 12.6. The van der Waals surface area contributed by atoms with Crippen molar-refractivity contribution in [3.63, 3.8) is 0 Å². The number of hydrogen-bond acceptors (Lipinski definition) is 12. The number of fused-ring (bicyclic) bond motifs is 1. The van der Waals surface area contributed by atoms with Crippen molar-refractivity contribution in [2.75, 3.05) is 18.6 Å². The first-order chi connectivity index (χ1) is 14.2. The number of imidazole rings is 1. The minimum Gasteiger partial charge on any atom is -0.387 e. The molecule has 0 aromatic carbocycles. The molecule has 18 nitrogen and oxygen atoms in total. The summed E-state index contributed by atoms with van der Waals surface area (Å²) in [6, 6.07) is 0. The zero-order valence-electron chi connectivity index (χ0n) is 15.0. The maximum Gasteiger partial charge on any atom is 0.490 e. The van der Waals surface area contributed by atoms with E-state index >= 15 is 0 Å². The Bertz CT molecular complexity index is 993. The summed E-state index contributed by atoms with van der Waals surface area (Å²) < 4.78 is 51.8. The molecule has 6 atom stereocenters. The van der Waals surface area contributed by atoms with Crippen LogP contribution in [0.3, 0.4) is 0 Å². The number of rotatable bonds is 8. The number of anilines is 1. The van der Waals surface area contributed by atoms with Gasteiger partial charge in [-0.2, -0.15) is 8.62 Å². The van der Waals surface area contributed by atoms with Gasteiger partial charge in [0.25, 0.3) is 5.91 Å². The molecule has 1 amide bonds. The molecule has 31 heavy (non-hydrogen) atoms. The van der Waals surface area contributed by atoms with Crippen molar-refractivity contribution in [1.82, 2.24) is 14.9 Å². The minimum absolute atomic E-state index is 0.00625. The molecule has 3 heterocycles. The molecule has 0 aliphatic carbocycles. The summed E-state index contributed by atoms with van der Waals surface area (Å²) >= 11 is 0. The van der Waals surface area contributed by atoms with Crippen LogP contribution in [-0.4, -0.2) is 76.8 Å². The van der Waals surface area contributed by atoms with Crippen molar-refractivity contribution >= 4 is 35.2 Å². The minimum atomic E-state index is -5.71. The number of hydrogen-bond donors (Lipinski definition) is 8. The van der Waals surface area contributed by atoms with Crippen LogP contribution >= 0.6 is 23.5 Å². The van der Waals surface area contributed by atoms with E-state index in [1.165, 1.54) is 4.57 Å². The molecule has 0 radical (unpaired) electrons. The average molecular weight is 510 g/mol. The van der Waals surface area contributed by atoms with E-state index in [0.717, 1.165) is 6.33 Å².